The lowest BCUT2D eigenvalue weighted by Gasteiger charge is -2.15. The molecular weight excluding hydrogens is 318 g/mol. The van der Waals surface area contributed by atoms with Crippen LogP contribution < -0.4 is 11.5 Å². The third kappa shape index (κ3) is 3.66. The second-order valence-electron chi connectivity index (χ2n) is 3.89. The van der Waals surface area contributed by atoms with Crippen molar-refractivity contribution in [3.05, 3.63) is 34.4 Å². The number of rotatable bonds is 1. The van der Waals surface area contributed by atoms with Gasteiger partial charge in [-0.3, -0.25) is 4.79 Å². The number of nitrogens with zero attached hydrogens (tertiary/aromatic N) is 2. The third-order valence-corrected chi connectivity index (χ3v) is 2.35. The summed E-state index contributed by atoms with van der Waals surface area (Å²) in [6, 6.07) is 0.833. The molecule has 0 heterocycles. The minimum absolute atomic E-state index is 0.0711. The average Bonchev–Trinajstić information content (AvgIpc) is 2.34. The van der Waals surface area contributed by atoms with E-state index in [0.717, 1.165) is 6.07 Å². The fraction of sp³-hybridized carbons (Fsp3) is 0.182. The van der Waals surface area contributed by atoms with E-state index >= 15 is 0 Å². The molecular formula is C11H6F6N4O. The predicted molar refractivity (Wildman–Crippen MR) is 61.3 cm³/mol. The summed E-state index contributed by atoms with van der Waals surface area (Å²) in [6.07, 6.45) is -10.3. The van der Waals surface area contributed by atoms with Gasteiger partial charge in [-0.05, 0) is 12.1 Å². The minimum atomic E-state index is -5.18. The van der Waals surface area contributed by atoms with Gasteiger partial charge in [-0.15, -0.1) is 0 Å². The molecule has 0 saturated heterocycles. The molecule has 1 amide bonds. The molecule has 118 valence electrons. The molecule has 0 aliphatic heterocycles. The summed E-state index contributed by atoms with van der Waals surface area (Å²) in [4.78, 5) is 14.3. The maximum absolute atomic E-state index is 12.8. The van der Waals surface area contributed by atoms with Crippen LogP contribution in [0.15, 0.2) is 17.1 Å². The van der Waals surface area contributed by atoms with Gasteiger partial charge >= 0.3 is 12.4 Å². The fourth-order valence-electron chi connectivity index (χ4n) is 1.52. The van der Waals surface area contributed by atoms with Crippen molar-refractivity contribution in [1.82, 2.24) is 0 Å². The normalized spacial score (nSPS) is 11.7. The Hall–Kier alpha value is -2.77. The molecule has 22 heavy (non-hydrogen) atoms. The molecule has 0 aliphatic rings. The number of guanidine groups is 1. The number of aliphatic imine (C=N–C) groups is 1. The summed E-state index contributed by atoms with van der Waals surface area (Å²) in [5, 5.41) is 8.58. The second kappa shape index (κ2) is 5.55. The average molecular weight is 324 g/mol. The summed E-state index contributed by atoms with van der Waals surface area (Å²) in [5.41, 5.74) is 3.51. The molecule has 11 heteroatoms. The van der Waals surface area contributed by atoms with Crippen LogP contribution in [0.3, 0.4) is 0 Å². The van der Waals surface area contributed by atoms with Gasteiger partial charge in [0.25, 0.3) is 5.91 Å². The first kappa shape index (κ1) is 17.3. The highest BCUT2D eigenvalue weighted by Gasteiger charge is 2.41. The molecule has 0 saturated carbocycles. The summed E-state index contributed by atoms with van der Waals surface area (Å²) >= 11 is 0. The number of alkyl halides is 6. The first-order valence-corrected chi connectivity index (χ1v) is 5.24. The van der Waals surface area contributed by atoms with Crippen LogP contribution in [0.4, 0.5) is 26.3 Å². The molecule has 5 nitrogen and oxygen atoms in total. The van der Waals surface area contributed by atoms with Crippen molar-refractivity contribution in [3.63, 3.8) is 0 Å². The monoisotopic (exact) mass is 324 g/mol. The summed E-state index contributed by atoms with van der Waals surface area (Å²) < 4.78 is 76.7. The molecule has 0 radical (unpaired) electrons. The number of benzene rings is 1. The van der Waals surface area contributed by atoms with E-state index in [1.165, 1.54) is 0 Å². The van der Waals surface area contributed by atoms with Crippen LogP contribution in [0.2, 0.25) is 0 Å². The van der Waals surface area contributed by atoms with Gasteiger partial charge in [0, 0.05) is 0 Å². The summed E-state index contributed by atoms with van der Waals surface area (Å²) in [5.74, 6) is -2.63. The van der Waals surface area contributed by atoms with Crippen molar-refractivity contribution in [1.29, 1.82) is 5.26 Å². The van der Waals surface area contributed by atoms with Gasteiger partial charge in [0.1, 0.15) is 0 Å². The molecule has 1 aromatic rings. The summed E-state index contributed by atoms with van der Waals surface area (Å²) in [7, 11) is 0. The van der Waals surface area contributed by atoms with Crippen molar-refractivity contribution in [2.45, 2.75) is 12.4 Å². The highest BCUT2D eigenvalue weighted by atomic mass is 19.4. The van der Waals surface area contributed by atoms with Crippen LogP contribution >= 0.6 is 0 Å². The third-order valence-electron chi connectivity index (χ3n) is 2.35. The quantitative estimate of drug-likeness (QED) is 0.468. The van der Waals surface area contributed by atoms with Crippen LogP contribution in [0.5, 0.6) is 0 Å². The number of amides is 1. The Kier molecular flexibility index (Phi) is 4.36. The van der Waals surface area contributed by atoms with Crippen LogP contribution in [0.25, 0.3) is 0 Å². The van der Waals surface area contributed by atoms with Gasteiger partial charge in [0.2, 0.25) is 0 Å². The lowest BCUT2D eigenvalue weighted by molar-refractivity contribution is -0.141. The van der Waals surface area contributed by atoms with E-state index in [9.17, 15) is 31.1 Å². The van der Waals surface area contributed by atoms with E-state index in [2.05, 4.69) is 4.99 Å². The van der Waals surface area contributed by atoms with Crippen LogP contribution in [-0.4, -0.2) is 11.9 Å². The number of carbonyl (C=O) groups is 1. The minimum Gasteiger partial charge on any atom is -0.370 e. The van der Waals surface area contributed by atoms with Gasteiger partial charge in [-0.1, -0.05) is 0 Å². The van der Waals surface area contributed by atoms with E-state index in [0.29, 0.717) is 0 Å². The zero-order valence-corrected chi connectivity index (χ0v) is 10.4. The van der Waals surface area contributed by atoms with Crippen molar-refractivity contribution in [2.24, 2.45) is 16.5 Å². The number of halogens is 6. The standard InChI is InChI=1S/C11H6F6N4O/c12-10(13,14)6-2-5(8(22)21-9(19)20)7(11(15,16)17)1-4(6)3-18/h1-2H,(H4,19,20,21,22). The Morgan fingerprint density at radius 2 is 1.55 bits per heavy atom. The van der Waals surface area contributed by atoms with Crippen molar-refractivity contribution in [3.8, 4) is 6.07 Å². The molecule has 0 aliphatic carbocycles. The van der Waals surface area contributed by atoms with E-state index in [1.54, 1.807) is 0 Å². The fourth-order valence-corrected chi connectivity index (χ4v) is 1.52. The molecule has 1 rings (SSSR count). The maximum atomic E-state index is 12.8. The van der Waals surface area contributed by atoms with Gasteiger partial charge in [0.15, 0.2) is 5.96 Å². The lowest BCUT2D eigenvalue weighted by Crippen LogP contribution is -2.25. The number of hydrogen-bond donors (Lipinski definition) is 2. The molecule has 1 aromatic carbocycles. The van der Waals surface area contributed by atoms with Crippen molar-refractivity contribution < 1.29 is 31.1 Å². The van der Waals surface area contributed by atoms with Crippen LogP contribution in [0.1, 0.15) is 27.0 Å². The van der Waals surface area contributed by atoms with E-state index < -0.39 is 46.5 Å². The molecule has 0 bridgehead atoms. The Bertz CT molecular complexity index is 680. The SMILES string of the molecule is N#Cc1cc(C(F)(F)F)c(C(=O)N=C(N)N)cc1C(F)(F)F. The highest BCUT2D eigenvalue weighted by molar-refractivity contribution is 6.03. The lowest BCUT2D eigenvalue weighted by atomic mass is 9.97. The van der Waals surface area contributed by atoms with E-state index in [4.69, 9.17) is 16.7 Å². The van der Waals surface area contributed by atoms with Gasteiger partial charge in [-0.2, -0.15) is 36.6 Å². The number of nitrogens with two attached hydrogens (primary N) is 2. The first-order valence-electron chi connectivity index (χ1n) is 5.24. The largest absolute Gasteiger partial charge is 0.417 e. The Balaban J connectivity index is 3.76. The smallest absolute Gasteiger partial charge is 0.370 e. The van der Waals surface area contributed by atoms with E-state index in [1.807, 2.05) is 0 Å². The molecule has 0 spiro atoms. The van der Waals surface area contributed by atoms with E-state index in [-0.39, 0.29) is 12.1 Å². The number of nitriles is 1. The summed E-state index contributed by atoms with van der Waals surface area (Å²) in [6.45, 7) is 0. The topological polar surface area (TPSA) is 105 Å². The number of carbonyl (C=O) groups excluding carboxylic acids is 1. The van der Waals surface area contributed by atoms with Crippen LogP contribution in [0, 0.1) is 11.3 Å². The van der Waals surface area contributed by atoms with Crippen molar-refractivity contribution >= 4 is 11.9 Å². The Morgan fingerprint density at radius 1 is 1.05 bits per heavy atom. The molecule has 4 N–H and O–H groups in total. The van der Waals surface area contributed by atoms with Crippen LogP contribution in [-0.2, 0) is 12.4 Å². The zero-order valence-electron chi connectivity index (χ0n) is 10.4. The Morgan fingerprint density at radius 3 is 1.91 bits per heavy atom. The number of hydrogen-bond acceptors (Lipinski definition) is 2. The molecule has 0 unspecified atom stereocenters. The molecule has 0 aromatic heterocycles. The van der Waals surface area contributed by atoms with Crippen molar-refractivity contribution in [2.75, 3.05) is 0 Å². The zero-order chi connectivity index (χ0) is 17.3. The van der Waals surface area contributed by atoms with Gasteiger partial charge in [0.05, 0.1) is 28.3 Å². The highest BCUT2D eigenvalue weighted by Crippen LogP contribution is 2.38. The first-order chi connectivity index (χ1) is 9.87. The Labute approximate surface area is 118 Å². The van der Waals surface area contributed by atoms with Gasteiger partial charge < -0.3 is 11.5 Å². The molecule has 0 fully saturated rings. The molecule has 0 atom stereocenters. The van der Waals surface area contributed by atoms with Gasteiger partial charge in [-0.25, -0.2) is 0 Å². The predicted octanol–water partition coefficient (Wildman–Crippen LogP) is 2.01. The maximum Gasteiger partial charge on any atom is 0.417 e. The second-order valence-corrected chi connectivity index (χ2v) is 3.89.